The third-order valence-corrected chi connectivity index (χ3v) is 3.88. The zero-order valence-electron chi connectivity index (χ0n) is 10.1. The highest BCUT2D eigenvalue weighted by molar-refractivity contribution is 4.97. The Morgan fingerprint density at radius 1 is 1.27 bits per heavy atom. The van der Waals surface area contributed by atoms with Crippen molar-refractivity contribution < 1.29 is 4.74 Å². The molecule has 0 amide bonds. The summed E-state index contributed by atoms with van der Waals surface area (Å²) in [5.41, 5.74) is 6.63. The van der Waals surface area contributed by atoms with Crippen LogP contribution in [0.3, 0.4) is 0 Å². The second kappa shape index (κ2) is 4.04. The van der Waals surface area contributed by atoms with Crippen LogP contribution in [0.4, 0.5) is 0 Å². The van der Waals surface area contributed by atoms with Crippen LogP contribution >= 0.6 is 0 Å². The first-order chi connectivity index (χ1) is 7.05. The highest BCUT2D eigenvalue weighted by Gasteiger charge is 2.44. The molecule has 2 aliphatic rings. The average Bonchev–Trinajstić information content (AvgIpc) is 2.17. The Bertz CT molecular complexity index is 214. The van der Waals surface area contributed by atoms with Crippen LogP contribution in [0, 0.1) is 10.8 Å². The lowest BCUT2D eigenvalue weighted by molar-refractivity contribution is -0.0899. The summed E-state index contributed by atoms with van der Waals surface area (Å²) in [6, 6.07) is 0. The second-order valence-corrected chi connectivity index (χ2v) is 6.13. The molecule has 0 bridgehead atoms. The molecule has 2 N–H and O–H groups in total. The van der Waals surface area contributed by atoms with E-state index in [0.29, 0.717) is 5.41 Å². The summed E-state index contributed by atoms with van der Waals surface area (Å²) in [6.07, 6.45) is 2.51. The predicted molar refractivity (Wildman–Crippen MR) is 61.8 cm³/mol. The highest BCUT2D eigenvalue weighted by atomic mass is 16.5. The second-order valence-electron chi connectivity index (χ2n) is 6.13. The molecule has 2 fully saturated rings. The van der Waals surface area contributed by atoms with Crippen molar-refractivity contribution in [2.45, 2.75) is 26.7 Å². The van der Waals surface area contributed by atoms with Gasteiger partial charge in [0.1, 0.15) is 0 Å². The fourth-order valence-corrected chi connectivity index (χ4v) is 2.80. The minimum Gasteiger partial charge on any atom is -0.381 e. The molecule has 3 nitrogen and oxygen atoms in total. The molecule has 0 radical (unpaired) electrons. The van der Waals surface area contributed by atoms with Crippen LogP contribution in [-0.4, -0.2) is 44.3 Å². The van der Waals surface area contributed by atoms with Crippen LogP contribution in [0.1, 0.15) is 26.7 Å². The Hall–Kier alpha value is -0.120. The van der Waals surface area contributed by atoms with Crippen molar-refractivity contribution in [3.8, 4) is 0 Å². The maximum Gasteiger partial charge on any atom is 0.0472 e. The minimum absolute atomic E-state index is 0.271. The standard InChI is InChI=1S/C12H24N2O/c1-11(2,7-13)8-14-9-12(10-14)3-5-15-6-4-12/h3-10,13H2,1-2H3. The van der Waals surface area contributed by atoms with Gasteiger partial charge < -0.3 is 15.4 Å². The van der Waals surface area contributed by atoms with Gasteiger partial charge in [0.05, 0.1) is 0 Å². The summed E-state index contributed by atoms with van der Waals surface area (Å²) < 4.78 is 5.42. The quantitative estimate of drug-likeness (QED) is 0.761. The summed E-state index contributed by atoms with van der Waals surface area (Å²) in [5.74, 6) is 0. The summed E-state index contributed by atoms with van der Waals surface area (Å²) in [4.78, 5) is 2.55. The summed E-state index contributed by atoms with van der Waals surface area (Å²) in [6.45, 7) is 10.9. The summed E-state index contributed by atoms with van der Waals surface area (Å²) >= 11 is 0. The maximum absolute atomic E-state index is 5.76. The van der Waals surface area contributed by atoms with Crippen molar-refractivity contribution in [2.75, 3.05) is 39.4 Å². The molecule has 2 heterocycles. The molecule has 0 aromatic rings. The Balaban J connectivity index is 1.77. The fraction of sp³-hybridized carbons (Fsp3) is 1.00. The topological polar surface area (TPSA) is 38.5 Å². The summed E-state index contributed by atoms with van der Waals surface area (Å²) in [5, 5.41) is 0. The Morgan fingerprint density at radius 2 is 1.87 bits per heavy atom. The Kier molecular flexibility index (Phi) is 3.06. The molecule has 0 aromatic carbocycles. The molecule has 0 atom stereocenters. The van der Waals surface area contributed by atoms with Crippen molar-refractivity contribution in [1.29, 1.82) is 0 Å². The molecule has 3 heteroatoms. The van der Waals surface area contributed by atoms with E-state index in [4.69, 9.17) is 10.5 Å². The van der Waals surface area contributed by atoms with Gasteiger partial charge >= 0.3 is 0 Å². The number of hydrogen-bond donors (Lipinski definition) is 1. The fourth-order valence-electron chi connectivity index (χ4n) is 2.80. The van der Waals surface area contributed by atoms with Crippen molar-refractivity contribution in [2.24, 2.45) is 16.6 Å². The third-order valence-electron chi connectivity index (χ3n) is 3.88. The van der Waals surface area contributed by atoms with Gasteiger partial charge in [0, 0.05) is 38.3 Å². The van der Waals surface area contributed by atoms with Crippen LogP contribution in [0.5, 0.6) is 0 Å². The molecule has 0 saturated carbocycles. The van der Waals surface area contributed by atoms with E-state index in [-0.39, 0.29) is 5.41 Å². The first-order valence-electron chi connectivity index (χ1n) is 6.06. The Labute approximate surface area is 93.0 Å². The SMILES string of the molecule is CC(C)(CN)CN1CC2(CCOCC2)C1. The largest absolute Gasteiger partial charge is 0.381 e. The normalized spacial score (nSPS) is 26.6. The minimum atomic E-state index is 0.271. The van der Waals surface area contributed by atoms with Gasteiger partial charge in [-0.05, 0) is 24.8 Å². The molecular formula is C12H24N2O. The van der Waals surface area contributed by atoms with E-state index in [2.05, 4.69) is 18.7 Å². The predicted octanol–water partition coefficient (Wildman–Crippen LogP) is 1.08. The average molecular weight is 212 g/mol. The maximum atomic E-state index is 5.76. The molecule has 2 aliphatic heterocycles. The third kappa shape index (κ3) is 2.52. The molecule has 0 aromatic heterocycles. The molecule has 2 rings (SSSR count). The van der Waals surface area contributed by atoms with Gasteiger partial charge in [-0.2, -0.15) is 0 Å². The van der Waals surface area contributed by atoms with E-state index in [1.807, 2.05) is 0 Å². The summed E-state index contributed by atoms with van der Waals surface area (Å²) in [7, 11) is 0. The van der Waals surface area contributed by atoms with Crippen LogP contribution in [0.2, 0.25) is 0 Å². The van der Waals surface area contributed by atoms with Gasteiger partial charge in [-0.3, -0.25) is 0 Å². The molecule has 2 saturated heterocycles. The Morgan fingerprint density at radius 3 is 2.40 bits per heavy atom. The number of likely N-dealkylation sites (tertiary alicyclic amines) is 1. The first-order valence-corrected chi connectivity index (χ1v) is 6.06. The van der Waals surface area contributed by atoms with Crippen LogP contribution in [0.25, 0.3) is 0 Å². The van der Waals surface area contributed by atoms with Crippen molar-refractivity contribution in [3.05, 3.63) is 0 Å². The molecule has 88 valence electrons. The van der Waals surface area contributed by atoms with E-state index in [1.165, 1.54) is 25.9 Å². The van der Waals surface area contributed by atoms with Crippen molar-refractivity contribution >= 4 is 0 Å². The van der Waals surface area contributed by atoms with Gasteiger partial charge in [0.15, 0.2) is 0 Å². The van der Waals surface area contributed by atoms with Gasteiger partial charge in [0.25, 0.3) is 0 Å². The van der Waals surface area contributed by atoms with E-state index in [9.17, 15) is 0 Å². The van der Waals surface area contributed by atoms with E-state index < -0.39 is 0 Å². The van der Waals surface area contributed by atoms with Gasteiger partial charge in [0.2, 0.25) is 0 Å². The molecule has 15 heavy (non-hydrogen) atoms. The lowest BCUT2D eigenvalue weighted by Gasteiger charge is -2.54. The van der Waals surface area contributed by atoms with E-state index >= 15 is 0 Å². The number of nitrogens with zero attached hydrogens (tertiary/aromatic N) is 1. The van der Waals surface area contributed by atoms with E-state index in [1.54, 1.807) is 0 Å². The van der Waals surface area contributed by atoms with Gasteiger partial charge in [-0.1, -0.05) is 13.8 Å². The van der Waals surface area contributed by atoms with E-state index in [0.717, 1.165) is 26.3 Å². The first kappa shape index (κ1) is 11.4. The van der Waals surface area contributed by atoms with Crippen molar-refractivity contribution in [1.82, 2.24) is 4.90 Å². The molecule has 0 aliphatic carbocycles. The number of nitrogens with two attached hydrogens (primary N) is 1. The van der Waals surface area contributed by atoms with Gasteiger partial charge in [-0.15, -0.1) is 0 Å². The smallest absolute Gasteiger partial charge is 0.0472 e. The van der Waals surface area contributed by atoms with Gasteiger partial charge in [-0.25, -0.2) is 0 Å². The van der Waals surface area contributed by atoms with Crippen LogP contribution in [-0.2, 0) is 4.74 Å². The highest BCUT2D eigenvalue weighted by Crippen LogP contribution is 2.40. The molecule has 1 spiro atoms. The monoisotopic (exact) mass is 212 g/mol. The van der Waals surface area contributed by atoms with Crippen LogP contribution in [0.15, 0.2) is 0 Å². The zero-order chi connectivity index (χ0) is 10.9. The zero-order valence-corrected chi connectivity index (χ0v) is 10.1. The number of ether oxygens (including phenoxy) is 1. The number of rotatable bonds is 3. The molecular weight excluding hydrogens is 188 g/mol. The number of hydrogen-bond acceptors (Lipinski definition) is 3. The van der Waals surface area contributed by atoms with Crippen molar-refractivity contribution in [3.63, 3.8) is 0 Å². The lowest BCUT2D eigenvalue weighted by atomic mass is 9.72. The lowest BCUT2D eigenvalue weighted by Crippen LogP contribution is -2.60. The molecule has 0 unspecified atom stereocenters. The van der Waals surface area contributed by atoms with Crippen LogP contribution < -0.4 is 5.73 Å².